The minimum Gasteiger partial charge on any atom is -0.299 e. The van der Waals surface area contributed by atoms with E-state index in [-0.39, 0.29) is 0 Å². The fourth-order valence-electron chi connectivity index (χ4n) is 4.37. The second-order valence-corrected chi connectivity index (χ2v) is 6.25. The highest BCUT2D eigenvalue weighted by Gasteiger charge is 2.40. The predicted molar refractivity (Wildman–Crippen MR) is 69.7 cm³/mol. The van der Waals surface area contributed by atoms with Crippen LogP contribution in [0.15, 0.2) is 12.2 Å². The van der Waals surface area contributed by atoms with Crippen LogP contribution in [0.5, 0.6) is 0 Å². The maximum absolute atomic E-state index is 12.4. The molecule has 1 heteroatoms. The Morgan fingerprint density at radius 3 is 2.47 bits per heavy atom. The van der Waals surface area contributed by atoms with Crippen molar-refractivity contribution in [1.29, 1.82) is 0 Å². The van der Waals surface area contributed by atoms with E-state index in [2.05, 4.69) is 12.2 Å². The zero-order valence-electron chi connectivity index (χ0n) is 10.7. The summed E-state index contributed by atoms with van der Waals surface area (Å²) in [5, 5.41) is 0. The van der Waals surface area contributed by atoms with Crippen LogP contribution < -0.4 is 0 Å². The van der Waals surface area contributed by atoms with Crippen LogP contribution in [0.25, 0.3) is 0 Å². The first-order valence-corrected chi connectivity index (χ1v) is 7.57. The molecule has 0 heterocycles. The van der Waals surface area contributed by atoms with E-state index in [4.69, 9.17) is 0 Å². The molecule has 0 spiro atoms. The fraction of sp³-hybridized carbons (Fsp3) is 0.812. The molecular weight excluding hydrogens is 208 g/mol. The van der Waals surface area contributed by atoms with Gasteiger partial charge in [0, 0.05) is 12.3 Å². The van der Waals surface area contributed by atoms with Gasteiger partial charge in [-0.25, -0.2) is 0 Å². The van der Waals surface area contributed by atoms with Crippen LogP contribution in [-0.2, 0) is 4.79 Å². The zero-order chi connectivity index (χ0) is 11.7. The average Bonchev–Trinajstić information content (AvgIpc) is 2.67. The van der Waals surface area contributed by atoms with E-state index in [9.17, 15) is 4.79 Å². The van der Waals surface area contributed by atoms with E-state index < -0.39 is 0 Å². The quantitative estimate of drug-likeness (QED) is 0.574. The maximum Gasteiger partial charge on any atom is 0.136 e. The van der Waals surface area contributed by atoms with Crippen LogP contribution in [0.4, 0.5) is 0 Å². The van der Waals surface area contributed by atoms with Gasteiger partial charge in [-0.1, -0.05) is 37.8 Å². The molecular formula is C16H24O. The number of hydrogen-bond acceptors (Lipinski definition) is 1. The summed E-state index contributed by atoms with van der Waals surface area (Å²) in [6.07, 6.45) is 16.1. The van der Waals surface area contributed by atoms with Crippen molar-refractivity contribution in [3.63, 3.8) is 0 Å². The smallest absolute Gasteiger partial charge is 0.136 e. The highest BCUT2D eigenvalue weighted by Crippen LogP contribution is 2.45. The van der Waals surface area contributed by atoms with Crippen LogP contribution in [0.2, 0.25) is 0 Å². The molecule has 2 fully saturated rings. The predicted octanol–water partition coefficient (Wildman–Crippen LogP) is 4.13. The van der Waals surface area contributed by atoms with Gasteiger partial charge in [-0.2, -0.15) is 0 Å². The third-order valence-corrected chi connectivity index (χ3v) is 5.24. The zero-order valence-corrected chi connectivity index (χ0v) is 10.7. The molecule has 3 aliphatic rings. The first-order chi connectivity index (χ1) is 8.36. The van der Waals surface area contributed by atoms with E-state index in [0.29, 0.717) is 23.5 Å². The molecule has 0 unspecified atom stereocenters. The summed E-state index contributed by atoms with van der Waals surface area (Å²) in [6.45, 7) is 0. The molecule has 0 aromatic heterocycles. The molecule has 3 rings (SSSR count). The molecule has 2 saturated carbocycles. The molecule has 0 aliphatic heterocycles. The summed E-state index contributed by atoms with van der Waals surface area (Å²) >= 11 is 0. The lowest BCUT2D eigenvalue weighted by molar-refractivity contribution is -0.126. The van der Waals surface area contributed by atoms with Crippen LogP contribution in [0, 0.1) is 23.7 Å². The number of carbonyl (C=O) groups is 1. The monoisotopic (exact) mass is 232 g/mol. The molecule has 1 nitrogen and oxygen atoms in total. The van der Waals surface area contributed by atoms with Gasteiger partial charge in [0.25, 0.3) is 0 Å². The van der Waals surface area contributed by atoms with Gasteiger partial charge < -0.3 is 0 Å². The molecule has 0 saturated heterocycles. The number of allylic oxidation sites excluding steroid dienone is 2. The Hall–Kier alpha value is -0.590. The van der Waals surface area contributed by atoms with Gasteiger partial charge in [0.2, 0.25) is 0 Å². The van der Waals surface area contributed by atoms with Crippen LogP contribution in [0.1, 0.15) is 57.8 Å². The molecule has 0 bridgehead atoms. The first kappa shape index (κ1) is 11.5. The van der Waals surface area contributed by atoms with Crippen LogP contribution in [-0.4, -0.2) is 5.78 Å². The number of ketones is 1. The van der Waals surface area contributed by atoms with Gasteiger partial charge in [-0.15, -0.1) is 0 Å². The van der Waals surface area contributed by atoms with Gasteiger partial charge in [-0.05, 0) is 43.4 Å². The van der Waals surface area contributed by atoms with Crippen LogP contribution in [0.3, 0.4) is 0 Å². The number of fused-ring (bicyclic) bond motifs is 3. The Balaban J connectivity index is 1.88. The Bertz CT molecular complexity index is 317. The molecule has 0 aromatic rings. The summed E-state index contributed by atoms with van der Waals surface area (Å²) < 4.78 is 0. The van der Waals surface area contributed by atoms with Gasteiger partial charge in [0.05, 0.1) is 0 Å². The van der Waals surface area contributed by atoms with Crippen molar-refractivity contribution in [3.8, 4) is 0 Å². The highest BCUT2D eigenvalue weighted by atomic mass is 16.1. The van der Waals surface area contributed by atoms with Crippen LogP contribution >= 0.6 is 0 Å². The highest BCUT2D eigenvalue weighted by molar-refractivity contribution is 5.82. The summed E-state index contributed by atoms with van der Waals surface area (Å²) in [5.74, 6) is 2.99. The fourth-order valence-corrected chi connectivity index (χ4v) is 4.37. The van der Waals surface area contributed by atoms with Crippen molar-refractivity contribution in [3.05, 3.63) is 12.2 Å². The maximum atomic E-state index is 12.4. The second kappa shape index (κ2) is 4.96. The van der Waals surface area contributed by atoms with Gasteiger partial charge in [0.1, 0.15) is 5.78 Å². The molecule has 0 aromatic carbocycles. The Morgan fingerprint density at radius 2 is 1.53 bits per heavy atom. The van der Waals surface area contributed by atoms with Gasteiger partial charge >= 0.3 is 0 Å². The van der Waals surface area contributed by atoms with E-state index in [0.717, 1.165) is 18.8 Å². The molecule has 17 heavy (non-hydrogen) atoms. The number of Topliss-reactive ketones (excluding diaryl/α,β-unsaturated/α-hetero) is 1. The lowest BCUT2D eigenvalue weighted by atomic mass is 9.66. The largest absolute Gasteiger partial charge is 0.299 e. The summed E-state index contributed by atoms with van der Waals surface area (Å²) in [7, 11) is 0. The van der Waals surface area contributed by atoms with Crippen molar-refractivity contribution >= 4 is 5.78 Å². The second-order valence-electron chi connectivity index (χ2n) is 6.25. The van der Waals surface area contributed by atoms with E-state index in [1.54, 1.807) is 0 Å². The minimum atomic E-state index is 0.394. The van der Waals surface area contributed by atoms with Gasteiger partial charge in [0.15, 0.2) is 0 Å². The summed E-state index contributed by atoms with van der Waals surface area (Å²) in [6, 6.07) is 0. The Kier molecular flexibility index (Phi) is 3.35. The van der Waals surface area contributed by atoms with Crippen molar-refractivity contribution in [1.82, 2.24) is 0 Å². The van der Waals surface area contributed by atoms with E-state index in [1.165, 1.54) is 44.9 Å². The standard InChI is InChI=1S/C16H24O/c17-15-9-5-4-7-13-11-10-12-6-2-1-3-8-14(12)16(13)15/h10-14,16H,1-9H2/t12-,13+,14+,16+/m1/s1. The Labute approximate surface area is 105 Å². The third kappa shape index (κ3) is 2.21. The first-order valence-electron chi connectivity index (χ1n) is 7.57. The van der Waals surface area contributed by atoms with Crippen molar-refractivity contribution in [2.24, 2.45) is 23.7 Å². The minimum absolute atomic E-state index is 0.394. The summed E-state index contributed by atoms with van der Waals surface area (Å²) in [5.41, 5.74) is 0. The average molecular weight is 232 g/mol. The normalized spacial score (nSPS) is 42.2. The molecule has 0 N–H and O–H groups in total. The topological polar surface area (TPSA) is 17.1 Å². The van der Waals surface area contributed by atoms with Crippen molar-refractivity contribution in [2.75, 3.05) is 0 Å². The lowest BCUT2D eigenvalue weighted by Gasteiger charge is -2.37. The van der Waals surface area contributed by atoms with Gasteiger partial charge in [-0.3, -0.25) is 4.79 Å². The number of rotatable bonds is 0. The SMILES string of the molecule is O=C1CCCC[C@H]2C=C[C@H]3CCCCC[C@@H]3[C@@H]12. The lowest BCUT2D eigenvalue weighted by Crippen LogP contribution is -2.35. The van der Waals surface area contributed by atoms with Crippen molar-refractivity contribution < 1.29 is 4.79 Å². The number of carbonyl (C=O) groups excluding carboxylic acids is 1. The van der Waals surface area contributed by atoms with E-state index >= 15 is 0 Å². The molecule has 0 amide bonds. The molecule has 94 valence electrons. The summed E-state index contributed by atoms with van der Waals surface area (Å²) in [4.78, 5) is 12.4. The Morgan fingerprint density at radius 1 is 0.824 bits per heavy atom. The molecule has 0 radical (unpaired) electrons. The molecule has 4 atom stereocenters. The van der Waals surface area contributed by atoms with Crippen molar-refractivity contribution in [2.45, 2.75) is 57.8 Å². The number of hydrogen-bond donors (Lipinski definition) is 0. The van der Waals surface area contributed by atoms with E-state index in [1.807, 2.05) is 0 Å². The molecule has 3 aliphatic carbocycles. The third-order valence-electron chi connectivity index (χ3n) is 5.24.